The predicted octanol–water partition coefficient (Wildman–Crippen LogP) is 0.229. The SMILES string of the molecule is CC[C@@H](O)[C@@H](C)[C@H](O)CC(=O)O. The van der Waals surface area contributed by atoms with Crippen LogP contribution in [0.3, 0.4) is 0 Å². The van der Waals surface area contributed by atoms with Crippen molar-refractivity contribution >= 4 is 5.97 Å². The normalized spacial score (nSPS) is 18.3. The number of carbonyl (C=O) groups is 1. The largest absolute Gasteiger partial charge is 0.481 e. The van der Waals surface area contributed by atoms with E-state index in [1.54, 1.807) is 13.8 Å². The Bertz CT molecular complexity index is 146. The lowest BCUT2D eigenvalue weighted by molar-refractivity contribution is -0.140. The number of aliphatic hydroxyl groups is 2. The Hall–Kier alpha value is -0.610. The zero-order valence-electron chi connectivity index (χ0n) is 7.40. The third-order valence-corrected chi connectivity index (χ3v) is 2.02. The maximum Gasteiger partial charge on any atom is 0.305 e. The molecule has 0 aliphatic carbocycles. The molecule has 0 aliphatic heterocycles. The molecule has 0 saturated heterocycles. The second kappa shape index (κ2) is 5.11. The van der Waals surface area contributed by atoms with Crippen molar-refractivity contribution in [2.24, 2.45) is 5.92 Å². The molecule has 0 aliphatic rings. The van der Waals surface area contributed by atoms with Crippen LogP contribution in [0.5, 0.6) is 0 Å². The fraction of sp³-hybridized carbons (Fsp3) is 0.875. The van der Waals surface area contributed by atoms with Gasteiger partial charge < -0.3 is 15.3 Å². The minimum atomic E-state index is -1.04. The lowest BCUT2D eigenvalue weighted by Gasteiger charge is -2.21. The Labute approximate surface area is 71.8 Å². The summed E-state index contributed by atoms with van der Waals surface area (Å²) in [6.07, 6.45) is -1.37. The molecular weight excluding hydrogens is 160 g/mol. The molecule has 0 unspecified atom stereocenters. The molecule has 0 radical (unpaired) electrons. The summed E-state index contributed by atoms with van der Waals surface area (Å²) in [4.78, 5) is 10.2. The van der Waals surface area contributed by atoms with Gasteiger partial charge in [0, 0.05) is 5.92 Å². The number of aliphatic carboxylic acids is 1. The first kappa shape index (κ1) is 11.4. The quantitative estimate of drug-likeness (QED) is 0.560. The third kappa shape index (κ3) is 3.69. The van der Waals surface area contributed by atoms with Gasteiger partial charge in [0.2, 0.25) is 0 Å². The Kier molecular flexibility index (Phi) is 4.85. The molecule has 72 valence electrons. The highest BCUT2D eigenvalue weighted by molar-refractivity contribution is 5.67. The molecule has 0 fully saturated rings. The smallest absolute Gasteiger partial charge is 0.305 e. The predicted molar refractivity (Wildman–Crippen MR) is 43.7 cm³/mol. The van der Waals surface area contributed by atoms with Crippen molar-refractivity contribution in [2.45, 2.75) is 38.9 Å². The van der Waals surface area contributed by atoms with Gasteiger partial charge in [0.15, 0.2) is 0 Å². The van der Waals surface area contributed by atoms with Crippen molar-refractivity contribution in [1.29, 1.82) is 0 Å². The van der Waals surface area contributed by atoms with Crippen molar-refractivity contribution in [3.05, 3.63) is 0 Å². The first-order valence-electron chi connectivity index (χ1n) is 4.07. The van der Waals surface area contributed by atoms with Crippen LogP contribution in [-0.2, 0) is 4.79 Å². The number of hydrogen-bond acceptors (Lipinski definition) is 3. The Balaban J connectivity index is 3.91. The molecule has 0 bridgehead atoms. The first-order valence-corrected chi connectivity index (χ1v) is 4.07. The van der Waals surface area contributed by atoms with E-state index < -0.39 is 18.2 Å². The highest BCUT2D eigenvalue weighted by Crippen LogP contribution is 2.13. The number of carboxylic acids is 1. The summed E-state index contributed by atoms with van der Waals surface area (Å²) in [6.45, 7) is 3.43. The standard InChI is InChI=1S/C8H16O4/c1-3-6(9)5(2)7(10)4-8(11)12/h5-7,9-10H,3-4H2,1-2H3,(H,11,12)/t5-,6-,7-/m1/s1. The minimum absolute atomic E-state index is 0.307. The summed E-state index contributed by atoms with van der Waals surface area (Å²) < 4.78 is 0. The van der Waals surface area contributed by atoms with Crippen molar-refractivity contribution in [1.82, 2.24) is 0 Å². The van der Waals surface area contributed by atoms with Gasteiger partial charge in [0.1, 0.15) is 0 Å². The van der Waals surface area contributed by atoms with E-state index in [1.165, 1.54) is 0 Å². The maximum atomic E-state index is 10.2. The van der Waals surface area contributed by atoms with Crippen LogP contribution in [0.2, 0.25) is 0 Å². The molecule has 0 amide bonds. The summed E-state index contributed by atoms with van der Waals surface area (Å²) >= 11 is 0. The van der Waals surface area contributed by atoms with E-state index in [4.69, 9.17) is 5.11 Å². The van der Waals surface area contributed by atoms with Gasteiger partial charge >= 0.3 is 5.97 Å². The van der Waals surface area contributed by atoms with E-state index in [1.807, 2.05) is 0 Å². The summed E-state index contributed by atoms with van der Waals surface area (Å²) in [5, 5.41) is 26.9. The topological polar surface area (TPSA) is 77.8 Å². The van der Waals surface area contributed by atoms with Crippen LogP contribution in [0.15, 0.2) is 0 Å². The molecule has 0 aromatic heterocycles. The van der Waals surface area contributed by atoms with Crippen molar-refractivity contribution in [2.75, 3.05) is 0 Å². The van der Waals surface area contributed by atoms with Gasteiger partial charge in [0.25, 0.3) is 0 Å². The van der Waals surface area contributed by atoms with E-state index >= 15 is 0 Å². The van der Waals surface area contributed by atoms with Crippen molar-refractivity contribution < 1.29 is 20.1 Å². The summed E-state index contributed by atoms with van der Waals surface area (Å²) in [5.74, 6) is -1.43. The van der Waals surface area contributed by atoms with Crippen LogP contribution in [0.1, 0.15) is 26.7 Å². The molecule has 0 rings (SSSR count). The van der Waals surface area contributed by atoms with Gasteiger partial charge in [-0.3, -0.25) is 4.79 Å². The van der Waals surface area contributed by atoms with Gasteiger partial charge in [0.05, 0.1) is 18.6 Å². The molecule has 12 heavy (non-hydrogen) atoms. The number of aliphatic hydroxyl groups excluding tert-OH is 2. The molecule has 3 atom stereocenters. The van der Waals surface area contributed by atoms with Gasteiger partial charge in [-0.2, -0.15) is 0 Å². The first-order chi connectivity index (χ1) is 5.49. The molecule has 3 N–H and O–H groups in total. The van der Waals surface area contributed by atoms with Crippen LogP contribution >= 0.6 is 0 Å². The molecular formula is C8H16O4. The summed E-state index contributed by atoms with van der Waals surface area (Å²) in [7, 11) is 0. The average Bonchev–Trinajstić information content (AvgIpc) is 2.00. The van der Waals surface area contributed by atoms with E-state index in [0.29, 0.717) is 6.42 Å². The number of hydrogen-bond donors (Lipinski definition) is 3. The molecule has 4 heteroatoms. The van der Waals surface area contributed by atoms with Crippen LogP contribution in [-0.4, -0.2) is 33.5 Å². The second-order valence-electron chi connectivity index (χ2n) is 3.00. The minimum Gasteiger partial charge on any atom is -0.481 e. The highest BCUT2D eigenvalue weighted by Gasteiger charge is 2.22. The number of rotatable bonds is 5. The molecule has 0 aromatic rings. The molecule has 4 nitrogen and oxygen atoms in total. The van der Waals surface area contributed by atoms with Gasteiger partial charge in [-0.25, -0.2) is 0 Å². The van der Waals surface area contributed by atoms with Crippen LogP contribution < -0.4 is 0 Å². The van der Waals surface area contributed by atoms with Crippen molar-refractivity contribution in [3.63, 3.8) is 0 Å². The maximum absolute atomic E-state index is 10.2. The fourth-order valence-electron chi connectivity index (χ4n) is 0.993. The Morgan fingerprint density at radius 2 is 1.83 bits per heavy atom. The lowest BCUT2D eigenvalue weighted by Crippen LogP contribution is -2.30. The van der Waals surface area contributed by atoms with Gasteiger partial charge in [-0.1, -0.05) is 13.8 Å². The van der Waals surface area contributed by atoms with Crippen LogP contribution in [0, 0.1) is 5.92 Å². The van der Waals surface area contributed by atoms with Crippen LogP contribution in [0.25, 0.3) is 0 Å². The van der Waals surface area contributed by atoms with Crippen molar-refractivity contribution in [3.8, 4) is 0 Å². The third-order valence-electron chi connectivity index (χ3n) is 2.02. The molecule has 0 aromatic carbocycles. The van der Waals surface area contributed by atoms with Crippen LogP contribution in [0.4, 0.5) is 0 Å². The lowest BCUT2D eigenvalue weighted by atomic mass is 9.94. The van der Waals surface area contributed by atoms with E-state index in [0.717, 1.165) is 0 Å². The molecule has 0 heterocycles. The molecule has 0 spiro atoms. The monoisotopic (exact) mass is 176 g/mol. The van der Waals surface area contributed by atoms with Gasteiger partial charge in [-0.05, 0) is 6.42 Å². The Morgan fingerprint density at radius 3 is 2.17 bits per heavy atom. The highest BCUT2D eigenvalue weighted by atomic mass is 16.4. The average molecular weight is 176 g/mol. The zero-order valence-corrected chi connectivity index (χ0v) is 7.40. The van der Waals surface area contributed by atoms with E-state index in [2.05, 4.69) is 0 Å². The van der Waals surface area contributed by atoms with E-state index in [9.17, 15) is 15.0 Å². The molecule has 0 saturated carbocycles. The second-order valence-corrected chi connectivity index (χ2v) is 3.00. The zero-order chi connectivity index (χ0) is 9.72. The Morgan fingerprint density at radius 1 is 1.33 bits per heavy atom. The summed E-state index contributed by atoms with van der Waals surface area (Å²) in [6, 6.07) is 0. The van der Waals surface area contributed by atoms with Gasteiger partial charge in [-0.15, -0.1) is 0 Å². The summed E-state index contributed by atoms with van der Waals surface area (Å²) in [5.41, 5.74) is 0. The van der Waals surface area contributed by atoms with E-state index in [-0.39, 0.29) is 12.3 Å². The fourth-order valence-corrected chi connectivity index (χ4v) is 0.993. The number of carboxylic acid groups (broad SMARTS) is 1.